The summed E-state index contributed by atoms with van der Waals surface area (Å²) in [5.41, 5.74) is 0.570. The Morgan fingerprint density at radius 1 is 1.41 bits per heavy atom. The maximum absolute atomic E-state index is 11.8. The highest BCUT2D eigenvalue weighted by atomic mass is 32.1. The molecule has 1 fully saturated rings. The standard InChI is InChI=1S/C16H21N3O2S/c1-16(2,3)21-15(20)17-11-8-9-19(10-11)14-18-12-6-4-5-7-13(12)22-14/h4-7,11H,8-10H2,1-3H3,(H,17,20)/t11-/m1/s1. The number of benzene rings is 1. The molecule has 1 atom stereocenters. The molecule has 3 rings (SSSR count). The maximum Gasteiger partial charge on any atom is 0.407 e. The van der Waals surface area contributed by atoms with Gasteiger partial charge >= 0.3 is 6.09 Å². The van der Waals surface area contributed by atoms with Gasteiger partial charge in [-0.3, -0.25) is 0 Å². The van der Waals surface area contributed by atoms with Crippen LogP contribution in [0.4, 0.5) is 9.93 Å². The third-order valence-corrected chi connectivity index (χ3v) is 4.56. The number of nitrogens with one attached hydrogen (secondary N) is 1. The minimum absolute atomic E-state index is 0.113. The fraction of sp³-hybridized carbons (Fsp3) is 0.500. The topological polar surface area (TPSA) is 54.5 Å². The normalized spacial score (nSPS) is 18.7. The average Bonchev–Trinajstić information content (AvgIpc) is 3.01. The van der Waals surface area contributed by atoms with Gasteiger partial charge in [0.05, 0.1) is 16.3 Å². The summed E-state index contributed by atoms with van der Waals surface area (Å²) in [6, 6.07) is 8.26. The summed E-state index contributed by atoms with van der Waals surface area (Å²) in [6.07, 6.45) is 0.568. The number of anilines is 1. The van der Waals surface area contributed by atoms with Crippen LogP contribution in [0.1, 0.15) is 27.2 Å². The van der Waals surface area contributed by atoms with Crippen LogP contribution in [-0.2, 0) is 4.74 Å². The van der Waals surface area contributed by atoms with E-state index in [1.54, 1.807) is 11.3 Å². The Morgan fingerprint density at radius 3 is 2.91 bits per heavy atom. The molecule has 6 heteroatoms. The summed E-state index contributed by atoms with van der Waals surface area (Å²) in [6.45, 7) is 7.29. The van der Waals surface area contributed by atoms with E-state index in [-0.39, 0.29) is 12.1 Å². The minimum atomic E-state index is -0.463. The molecule has 118 valence electrons. The van der Waals surface area contributed by atoms with Crippen LogP contribution in [0.2, 0.25) is 0 Å². The SMILES string of the molecule is CC(C)(C)OC(=O)N[C@@H]1CCN(c2nc3ccccc3s2)C1. The first kappa shape index (κ1) is 15.1. The van der Waals surface area contributed by atoms with Crippen molar-refractivity contribution in [2.75, 3.05) is 18.0 Å². The van der Waals surface area contributed by atoms with Gasteiger partial charge in [-0.1, -0.05) is 23.5 Å². The Balaban J connectivity index is 1.61. The lowest BCUT2D eigenvalue weighted by molar-refractivity contribution is 0.0509. The van der Waals surface area contributed by atoms with Crippen molar-refractivity contribution in [3.63, 3.8) is 0 Å². The highest BCUT2D eigenvalue weighted by Crippen LogP contribution is 2.30. The summed E-state index contributed by atoms with van der Waals surface area (Å²) in [4.78, 5) is 18.7. The summed E-state index contributed by atoms with van der Waals surface area (Å²) in [5.74, 6) is 0. The van der Waals surface area contributed by atoms with Crippen LogP contribution in [0, 0.1) is 0 Å². The molecule has 0 spiro atoms. The van der Waals surface area contributed by atoms with Crippen LogP contribution in [-0.4, -0.2) is 35.8 Å². The van der Waals surface area contributed by atoms with E-state index >= 15 is 0 Å². The molecule has 0 bridgehead atoms. The van der Waals surface area contributed by atoms with Gasteiger partial charge in [-0.15, -0.1) is 0 Å². The second-order valence-electron chi connectivity index (χ2n) is 6.54. The van der Waals surface area contributed by atoms with E-state index in [4.69, 9.17) is 4.74 Å². The number of thiazole rings is 1. The largest absolute Gasteiger partial charge is 0.444 e. The number of carbonyl (C=O) groups is 1. The van der Waals surface area contributed by atoms with E-state index in [2.05, 4.69) is 21.3 Å². The van der Waals surface area contributed by atoms with Crippen LogP contribution >= 0.6 is 11.3 Å². The molecule has 1 amide bonds. The van der Waals surface area contributed by atoms with Gasteiger partial charge in [-0.2, -0.15) is 0 Å². The highest BCUT2D eigenvalue weighted by molar-refractivity contribution is 7.22. The quantitative estimate of drug-likeness (QED) is 0.922. The van der Waals surface area contributed by atoms with Crippen molar-refractivity contribution in [1.82, 2.24) is 10.3 Å². The van der Waals surface area contributed by atoms with E-state index in [0.717, 1.165) is 30.2 Å². The van der Waals surface area contributed by atoms with Crippen molar-refractivity contribution >= 4 is 32.8 Å². The van der Waals surface area contributed by atoms with Crippen molar-refractivity contribution in [2.45, 2.75) is 38.8 Å². The third-order valence-electron chi connectivity index (χ3n) is 3.46. The molecule has 1 saturated heterocycles. The van der Waals surface area contributed by atoms with Gasteiger partial charge in [0, 0.05) is 13.1 Å². The number of fused-ring (bicyclic) bond motifs is 1. The lowest BCUT2D eigenvalue weighted by Crippen LogP contribution is -2.40. The Hall–Kier alpha value is -1.82. The summed E-state index contributed by atoms with van der Waals surface area (Å²) >= 11 is 1.70. The lowest BCUT2D eigenvalue weighted by Gasteiger charge is -2.21. The molecule has 2 aromatic rings. The zero-order valence-electron chi connectivity index (χ0n) is 13.1. The van der Waals surface area contributed by atoms with Gasteiger partial charge in [0.25, 0.3) is 0 Å². The number of nitrogens with zero attached hydrogens (tertiary/aromatic N) is 2. The van der Waals surface area contributed by atoms with Gasteiger partial charge in [0.1, 0.15) is 5.60 Å². The number of aromatic nitrogens is 1. The fourth-order valence-corrected chi connectivity index (χ4v) is 3.52. The Morgan fingerprint density at radius 2 is 2.18 bits per heavy atom. The molecule has 2 heterocycles. The summed E-state index contributed by atoms with van der Waals surface area (Å²) in [7, 11) is 0. The Labute approximate surface area is 134 Å². The molecule has 0 unspecified atom stereocenters. The number of ether oxygens (including phenoxy) is 1. The predicted molar refractivity (Wildman–Crippen MR) is 89.6 cm³/mol. The summed E-state index contributed by atoms with van der Waals surface area (Å²) in [5, 5.41) is 3.97. The monoisotopic (exact) mass is 319 g/mol. The first-order chi connectivity index (χ1) is 10.4. The zero-order valence-corrected chi connectivity index (χ0v) is 13.9. The van der Waals surface area contributed by atoms with Gasteiger partial charge in [0.15, 0.2) is 5.13 Å². The Bertz CT molecular complexity index is 644. The van der Waals surface area contributed by atoms with Crippen molar-refractivity contribution in [3.8, 4) is 0 Å². The first-order valence-corrected chi connectivity index (χ1v) is 8.32. The molecule has 22 heavy (non-hydrogen) atoms. The van der Waals surface area contributed by atoms with Gasteiger partial charge in [-0.25, -0.2) is 9.78 Å². The summed E-state index contributed by atoms with van der Waals surface area (Å²) < 4.78 is 6.50. The molecular formula is C16H21N3O2S. The van der Waals surface area contributed by atoms with Crippen molar-refractivity contribution < 1.29 is 9.53 Å². The molecule has 0 radical (unpaired) electrons. The molecule has 5 nitrogen and oxygen atoms in total. The number of rotatable bonds is 2. The second-order valence-corrected chi connectivity index (χ2v) is 7.55. The molecule has 1 aromatic heterocycles. The van der Waals surface area contributed by atoms with E-state index in [0.29, 0.717) is 0 Å². The molecule has 1 aliphatic heterocycles. The molecule has 1 N–H and O–H groups in total. The number of hydrogen-bond acceptors (Lipinski definition) is 5. The van der Waals surface area contributed by atoms with E-state index in [1.165, 1.54) is 4.70 Å². The van der Waals surface area contributed by atoms with E-state index < -0.39 is 5.60 Å². The lowest BCUT2D eigenvalue weighted by atomic mass is 10.2. The number of alkyl carbamates (subject to hydrolysis) is 1. The van der Waals surface area contributed by atoms with Crippen LogP contribution in [0.15, 0.2) is 24.3 Å². The van der Waals surface area contributed by atoms with Crippen LogP contribution in [0.5, 0.6) is 0 Å². The molecule has 0 saturated carbocycles. The van der Waals surface area contributed by atoms with Gasteiger partial charge in [0.2, 0.25) is 0 Å². The van der Waals surface area contributed by atoms with Gasteiger partial charge in [-0.05, 0) is 39.3 Å². The first-order valence-electron chi connectivity index (χ1n) is 7.51. The predicted octanol–water partition coefficient (Wildman–Crippen LogP) is 3.40. The zero-order chi connectivity index (χ0) is 15.7. The maximum atomic E-state index is 11.8. The van der Waals surface area contributed by atoms with Crippen LogP contribution in [0.25, 0.3) is 10.2 Å². The van der Waals surface area contributed by atoms with Crippen molar-refractivity contribution in [1.29, 1.82) is 0 Å². The second kappa shape index (κ2) is 5.76. The minimum Gasteiger partial charge on any atom is -0.444 e. The molecule has 1 aromatic carbocycles. The number of amides is 1. The molecule has 1 aliphatic rings. The molecule has 0 aliphatic carbocycles. The third kappa shape index (κ3) is 3.50. The number of carbonyl (C=O) groups excluding carboxylic acids is 1. The van der Waals surface area contributed by atoms with E-state index in [9.17, 15) is 4.79 Å². The fourth-order valence-electron chi connectivity index (χ4n) is 2.52. The average molecular weight is 319 g/mol. The van der Waals surface area contributed by atoms with E-state index in [1.807, 2.05) is 39.0 Å². The smallest absolute Gasteiger partial charge is 0.407 e. The number of hydrogen-bond donors (Lipinski definition) is 1. The number of para-hydroxylation sites is 1. The Kier molecular flexibility index (Phi) is 3.95. The van der Waals surface area contributed by atoms with Crippen LogP contribution in [0.3, 0.4) is 0 Å². The van der Waals surface area contributed by atoms with Crippen molar-refractivity contribution in [3.05, 3.63) is 24.3 Å². The molecular weight excluding hydrogens is 298 g/mol. The highest BCUT2D eigenvalue weighted by Gasteiger charge is 2.27. The van der Waals surface area contributed by atoms with Gasteiger partial charge < -0.3 is 15.0 Å². The van der Waals surface area contributed by atoms with Crippen LogP contribution < -0.4 is 10.2 Å². The van der Waals surface area contributed by atoms with Crippen molar-refractivity contribution in [2.24, 2.45) is 0 Å².